The molecule has 0 fully saturated rings. The number of aromatic amines is 1. The normalized spacial score (nSPS) is 10.3. The van der Waals surface area contributed by atoms with Gasteiger partial charge in [0, 0.05) is 0 Å². The lowest BCUT2D eigenvalue weighted by Crippen LogP contribution is -2.12. The Kier molecular flexibility index (Phi) is 3.12. The number of carbonyl (C=O) groups excluding carboxylic acids is 1. The van der Waals surface area contributed by atoms with Gasteiger partial charge < -0.3 is 10.1 Å². The summed E-state index contributed by atoms with van der Waals surface area (Å²) in [6, 6.07) is 4.07. The maximum Gasteiger partial charge on any atom is 0.378 e. The number of aromatic nitrogens is 2. The molecular formula is C11H6ClFN2O3. The minimum atomic E-state index is -1.62. The number of nitrogens with one attached hydrogen (secondary N) is 1. The number of H-pyrrole nitrogens is 1. The summed E-state index contributed by atoms with van der Waals surface area (Å²) >= 11 is 5.81. The number of imidazole rings is 1. The molecule has 2 rings (SSSR count). The standard InChI is InChI=1S/C11H6ClFN2O3/c12-5-2-1-3-6(13)8(5)10-14-4-7(15-10)9(16)11(17)18/h1-4H,(H,14,15)(H,17,18). The molecule has 0 atom stereocenters. The highest BCUT2D eigenvalue weighted by molar-refractivity contribution is 6.39. The van der Waals surface area contributed by atoms with E-state index in [0.717, 1.165) is 6.20 Å². The van der Waals surface area contributed by atoms with Crippen LogP contribution >= 0.6 is 11.6 Å². The fraction of sp³-hybridized carbons (Fsp3) is 0. The number of hydrogen-bond donors (Lipinski definition) is 2. The van der Waals surface area contributed by atoms with Gasteiger partial charge in [0.05, 0.1) is 16.8 Å². The van der Waals surface area contributed by atoms with Gasteiger partial charge in [-0.15, -0.1) is 0 Å². The topological polar surface area (TPSA) is 83.0 Å². The van der Waals surface area contributed by atoms with Crippen LogP contribution in [0.25, 0.3) is 11.4 Å². The van der Waals surface area contributed by atoms with E-state index in [0.29, 0.717) is 0 Å². The Morgan fingerprint density at radius 2 is 2.11 bits per heavy atom. The van der Waals surface area contributed by atoms with Crippen molar-refractivity contribution < 1.29 is 19.1 Å². The van der Waals surface area contributed by atoms with E-state index in [1.165, 1.54) is 18.2 Å². The number of carboxylic acid groups (broad SMARTS) is 1. The van der Waals surface area contributed by atoms with Crippen LogP contribution in [0.2, 0.25) is 5.02 Å². The first kappa shape index (κ1) is 12.3. The lowest BCUT2D eigenvalue weighted by atomic mass is 10.2. The minimum Gasteiger partial charge on any atom is -0.475 e. The molecule has 0 aliphatic carbocycles. The van der Waals surface area contributed by atoms with Crippen LogP contribution in [0.15, 0.2) is 24.4 Å². The van der Waals surface area contributed by atoms with E-state index < -0.39 is 17.6 Å². The fourth-order valence-corrected chi connectivity index (χ4v) is 1.66. The minimum absolute atomic E-state index is 0.00250. The van der Waals surface area contributed by atoms with Crippen molar-refractivity contribution in [3.05, 3.63) is 40.9 Å². The van der Waals surface area contributed by atoms with Gasteiger partial charge >= 0.3 is 5.97 Å². The van der Waals surface area contributed by atoms with E-state index in [9.17, 15) is 14.0 Å². The molecule has 0 radical (unpaired) electrons. The second-order valence-corrected chi connectivity index (χ2v) is 3.78. The van der Waals surface area contributed by atoms with Crippen LogP contribution in [0.5, 0.6) is 0 Å². The molecule has 0 unspecified atom stereocenters. The third kappa shape index (κ3) is 2.10. The van der Waals surface area contributed by atoms with E-state index in [1.807, 2.05) is 0 Å². The highest BCUT2D eigenvalue weighted by Crippen LogP contribution is 2.28. The third-order valence-corrected chi connectivity index (χ3v) is 2.53. The molecule has 0 aliphatic rings. The molecule has 1 aromatic heterocycles. The van der Waals surface area contributed by atoms with Crippen LogP contribution in [-0.4, -0.2) is 26.8 Å². The Balaban J connectivity index is 2.48. The summed E-state index contributed by atoms with van der Waals surface area (Å²) < 4.78 is 13.6. The summed E-state index contributed by atoms with van der Waals surface area (Å²) in [5.74, 6) is -3.39. The first-order chi connectivity index (χ1) is 8.50. The van der Waals surface area contributed by atoms with Crippen molar-refractivity contribution in [1.82, 2.24) is 9.97 Å². The number of halogens is 2. The van der Waals surface area contributed by atoms with Gasteiger partial charge in [-0.25, -0.2) is 14.2 Å². The molecule has 92 valence electrons. The van der Waals surface area contributed by atoms with E-state index in [1.54, 1.807) is 0 Å². The van der Waals surface area contributed by atoms with Crippen molar-refractivity contribution in [2.45, 2.75) is 0 Å². The monoisotopic (exact) mass is 268 g/mol. The number of ketones is 1. The van der Waals surface area contributed by atoms with Crippen molar-refractivity contribution >= 4 is 23.4 Å². The van der Waals surface area contributed by atoms with Gasteiger partial charge in [-0.2, -0.15) is 0 Å². The van der Waals surface area contributed by atoms with Crippen molar-refractivity contribution in [3.8, 4) is 11.4 Å². The molecule has 2 N–H and O–H groups in total. The highest BCUT2D eigenvalue weighted by Gasteiger charge is 2.19. The average Bonchev–Trinajstić information content (AvgIpc) is 2.77. The molecule has 1 heterocycles. The summed E-state index contributed by atoms with van der Waals surface area (Å²) in [5.41, 5.74) is -0.250. The Labute approximate surface area is 105 Å². The summed E-state index contributed by atoms with van der Waals surface area (Å²) in [6.07, 6.45) is 1.02. The Morgan fingerprint density at radius 3 is 2.72 bits per heavy atom. The van der Waals surface area contributed by atoms with E-state index in [4.69, 9.17) is 16.7 Å². The van der Waals surface area contributed by atoms with Gasteiger partial charge in [-0.1, -0.05) is 17.7 Å². The number of hydrogen-bond acceptors (Lipinski definition) is 3. The van der Waals surface area contributed by atoms with Crippen LogP contribution < -0.4 is 0 Å². The molecule has 0 bridgehead atoms. The SMILES string of the molecule is O=C(O)C(=O)c1cnc(-c2c(F)cccc2Cl)[nH]1. The first-order valence-corrected chi connectivity index (χ1v) is 5.15. The molecule has 18 heavy (non-hydrogen) atoms. The van der Waals surface area contributed by atoms with Gasteiger partial charge in [0.15, 0.2) is 0 Å². The second kappa shape index (κ2) is 4.58. The van der Waals surface area contributed by atoms with Crippen molar-refractivity contribution in [2.75, 3.05) is 0 Å². The number of aliphatic carboxylic acids is 1. The Morgan fingerprint density at radius 1 is 1.39 bits per heavy atom. The maximum absolute atomic E-state index is 13.6. The van der Waals surface area contributed by atoms with Gasteiger partial charge in [-0.05, 0) is 12.1 Å². The number of carboxylic acids is 1. The van der Waals surface area contributed by atoms with Crippen molar-refractivity contribution in [3.63, 3.8) is 0 Å². The molecule has 2 aromatic rings. The van der Waals surface area contributed by atoms with Gasteiger partial charge in [0.2, 0.25) is 0 Å². The fourth-order valence-electron chi connectivity index (χ4n) is 1.40. The molecule has 0 aliphatic heterocycles. The summed E-state index contributed by atoms with van der Waals surface area (Å²) in [6.45, 7) is 0. The number of benzene rings is 1. The van der Waals surface area contributed by atoms with E-state index in [-0.39, 0.29) is 22.1 Å². The highest BCUT2D eigenvalue weighted by atomic mass is 35.5. The van der Waals surface area contributed by atoms with Gasteiger partial charge in [0.1, 0.15) is 17.3 Å². The van der Waals surface area contributed by atoms with Crippen molar-refractivity contribution in [1.29, 1.82) is 0 Å². The largest absolute Gasteiger partial charge is 0.475 e. The van der Waals surface area contributed by atoms with Crippen molar-refractivity contribution in [2.24, 2.45) is 0 Å². The van der Waals surface area contributed by atoms with Crippen LogP contribution in [-0.2, 0) is 4.79 Å². The van der Waals surface area contributed by atoms with Crippen LogP contribution in [0.1, 0.15) is 10.5 Å². The molecule has 0 saturated heterocycles. The number of rotatable bonds is 3. The number of carbonyl (C=O) groups is 2. The summed E-state index contributed by atoms with van der Waals surface area (Å²) in [7, 11) is 0. The Bertz CT molecular complexity index is 619. The molecule has 7 heteroatoms. The van der Waals surface area contributed by atoms with E-state index in [2.05, 4.69) is 9.97 Å². The second-order valence-electron chi connectivity index (χ2n) is 3.38. The molecular weight excluding hydrogens is 263 g/mol. The van der Waals surface area contributed by atoms with Crippen LogP contribution in [0.4, 0.5) is 4.39 Å². The predicted molar refractivity (Wildman–Crippen MR) is 61.0 cm³/mol. The molecule has 0 amide bonds. The Hall–Kier alpha value is -2.21. The zero-order chi connectivity index (χ0) is 13.3. The van der Waals surface area contributed by atoms with Gasteiger partial charge in [-0.3, -0.25) is 4.79 Å². The van der Waals surface area contributed by atoms with Crippen LogP contribution in [0.3, 0.4) is 0 Å². The molecule has 0 saturated carbocycles. The quantitative estimate of drug-likeness (QED) is 0.660. The summed E-state index contributed by atoms with van der Waals surface area (Å²) in [4.78, 5) is 27.8. The third-order valence-electron chi connectivity index (χ3n) is 2.21. The zero-order valence-corrected chi connectivity index (χ0v) is 9.53. The van der Waals surface area contributed by atoms with Gasteiger partial charge in [0.25, 0.3) is 5.78 Å². The zero-order valence-electron chi connectivity index (χ0n) is 8.78. The average molecular weight is 269 g/mol. The lowest BCUT2D eigenvalue weighted by molar-refractivity contribution is -0.131. The molecule has 1 aromatic carbocycles. The maximum atomic E-state index is 13.6. The summed E-state index contributed by atoms with van der Waals surface area (Å²) in [5, 5.41) is 8.64. The molecule has 0 spiro atoms. The smallest absolute Gasteiger partial charge is 0.378 e. The predicted octanol–water partition coefficient (Wildman–Crippen LogP) is 2.14. The lowest BCUT2D eigenvalue weighted by Gasteiger charge is -2.01. The number of nitrogens with zero attached hydrogens (tertiary/aromatic N) is 1. The molecule has 5 nitrogen and oxygen atoms in total. The first-order valence-electron chi connectivity index (χ1n) is 4.77. The van der Waals surface area contributed by atoms with E-state index >= 15 is 0 Å². The number of Topliss-reactive ketones (excluding diaryl/α,β-unsaturated/α-hetero) is 1. The van der Waals surface area contributed by atoms with Crippen LogP contribution in [0, 0.1) is 5.82 Å².